The van der Waals surface area contributed by atoms with Gasteiger partial charge in [0.2, 0.25) is 0 Å². The first-order valence-corrected chi connectivity index (χ1v) is 5.93. The van der Waals surface area contributed by atoms with Gasteiger partial charge >= 0.3 is 0 Å². The van der Waals surface area contributed by atoms with Crippen LogP contribution in [0.4, 0.5) is 0 Å². The molecule has 0 aromatic carbocycles. The predicted molar refractivity (Wildman–Crippen MR) is 65.1 cm³/mol. The monoisotopic (exact) mass is 234 g/mol. The Bertz CT molecular complexity index is 440. The normalized spacial score (nSPS) is 12.6. The number of pyridine rings is 1. The number of hydrogen-bond donors (Lipinski definition) is 1. The van der Waals surface area contributed by atoms with E-state index in [1.54, 1.807) is 30.4 Å². The van der Waals surface area contributed by atoms with Crippen LogP contribution in [0, 0.1) is 0 Å². The average molecular weight is 234 g/mol. The van der Waals surface area contributed by atoms with Crippen molar-refractivity contribution in [3.8, 4) is 0 Å². The number of thioether (sulfide) groups is 1. The zero-order chi connectivity index (χ0) is 11.4. The van der Waals surface area contributed by atoms with E-state index in [2.05, 4.69) is 9.97 Å². The van der Waals surface area contributed by atoms with Gasteiger partial charge in [0.25, 0.3) is 0 Å². The number of aromatic nitrogens is 3. The molecule has 0 saturated heterocycles. The minimum Gasteiger partial charge on any atom is -0.329 e. The van der Waals surface area contributed by atoms with Crippen LogP contribution in [-0.4, -0.2) is 21.1 Å². The van der Waals surface area contributed by atoms with Crippen LogP contribution in [0.3, 0.4) is 0 Å². The Morgan fingerprint density at radius 1 is 1.38 bits per heavy atom. The highest BCUT2D eigenvalue weighted by Crippen LogP contribution is 2.32. The van der Waals surface area contributed by atoms with Crippen LogP contribution in [0.25, 0.3) is 0 Å². The van der Waals surface area contributed by atoms with E-state index in [1.165, 1.54) is 5.56 Å². The molecule has 0 fully saturated rings. The van der Waals surface area contributed by atoms with Gasteiger partial charge < -0.3 is 10.3 Å². The summed E-state index contributed by atoms with van der Waals surface area (Å²) in [5, 5.41) is 1.20. The summed E-state index contributed by atoms with van der Waals surface area (Å²) in [6, 6.07) is 3.99. The van der Waals surface area contributed by atoms with Crippen molar-refractivity contribution in [1.82, 2.24) is 14.5 Å². The molecule has 0 amide bonds. The van der Waals surface area contributed by atoms with E-state index >= 15 is 0 Å². The van der Waals surface area contributed by atoms with Crippen molar-refractivity contribution >= 4 is 11.8 Å². The van der Waals surface area contributed by atoms with Gasteiger partial charge in [-0.05, 0) is 17.7 Å². The van der Waals surface area contributed by atoms with Crippen molar-refractivity contribution < 1.29 is 0 Å². The van der Waals surface area contributed by atoms with Gasteiger partial charge in [0.05, 0.1) is 0 Å². The summed E-state index contributed by atoms with van der Waals surface area (Å²) in [4.78, 5) is 8.29. The highest BCUT2D eigenvalue weighted by Gasteiger charge is 2.13. The third-order valence-electron chi connectivity index (χ3n) is 2.32. The molecule has 0 aliphatic carbocycles. The molecule has 0 aliphatic heterocycles. The fourth-order valence-electron chi connectivity index (χ4n) is 1.42. The van der Waals surface area contributed by atoms with Crippen molar-refractivity contribution in [2.45, 2.75) is 10.4 Å². The molecule has 84 valence electrons. The summed E-state index contributed by atoms with van der Waals surface area (Å²) in [7, 11) is 1.98. The molecule has 2 aromatic rings. The van der Waals surface area contributed by atoms with Gasteiger partial charge in [-0.3, -0.25) is 4.98 Å². The Morgan fingerprint density at radius 3 is 2.69 bits per heavy atom. The van der Waals surface area contributed by atoms with Gasteiger partial charge in [-0.2, -0.15) is 0 Å². The molecule has 16 heavy (non-hydrogen) atoms. The first-order chi connectivity index (χ1) is 7.81. The molecule has 1 unspecified atom stereocenters. The lowest BCUT2D eigenvalue weighted by atomic mass is 10.2. The van der Waals surface area contributed by atoms with Gasteiger partial charge in [-0.1, -0.05) is 11.8 Å². The molecule has 0 aliphatic rings. The number of nitrogens with two attached hydrogens (primary N) is 1. The second-order valence-electron chi connectivity index (χ2n) is 3.44. The predicted octanol–water partition coefficient (Wildman–Crippen LogP) is 1.61. The maximum Gasteiger partial charge on any atom is 0.168 e. The molecule has 0 radical (unpaired) electrons. The first kappa shape index (κ1) is 11.2. The van der Waals surface area contributed by atoms with Crippen LogP contribution >= 0.6 is 11.8 Å². The van der Waals surface area contributed by atoms with Crippen LogP contribution in [0.5, 0.6) is 0 Å². The second-order valence-corrected chi connectivity index (χ2v) is 4.61. The van der Waals surface area contributed by atoms with Crippen LogP contribution in [0.1, 0.15) is 10.8 Å². The third kappa shape index (κ3) is 2.43. The largest absolute Gasteiger partial charge is 0.329 e. The summed E-state index contributed by atoms with van der Waals surface area (Å²) < 4.78 is 1.99. The van der Waals surface area contributed by atoms with Gasteiger partial charge in [0.15, 0.2) is 5.16 Å². The molecule has 2 aromatic heterocycles. The SMILES string of the molecule is Cn1ccnc1SC(CN)c1ccncc1. The van der Waals surface area contributed by atoms with Gasteiger partial charge in [0, 0.05) is 43.6 Å². The molecule has 0 spiro atoms. The number of imidazole rings is 1. The lowest BCUT2D eigenvalue weighted by Crippen LogP contribution is -2.10. The van der Waals surface area contributed by atoms with Crippen molar-refractivity contribution in [1.29, 1.82) is 0 Å². The lowest BCUT2D eigenvalue weighted by molar-refractivity contribution is 0.783. The van der Waals surface area contributed by atoms with Gasteiger partial charge in [0.1, 0.15) is 0 Å². The molecule has 2 heterocycles. The van der Waals surface area contributed by atoms with Crippen molar-refractivity contribution in [2.24, 2.45) is 12.8 Å². The smallest absolute Gasteiger partial charge is 0.168 e. The Labute approximate surface area is 98.9 Å². The van der Waals surface area contributed by atoms with E-state index in [1.807, 2.05) is 29.9 Å². The van der Waals surface area contributed by atoms with Gasteiger partial charge in [-0.25, -0.2) is 4.98 Å². The molecular formula is C11H14N4S. The minimum atomic E-state index is 0.226. The molecule has 0 saturated carbocycles. The van der Waals surface area contributed by atoms with E-state index < -0.39 is 0 Å². The fraction of sp³-hybridized carbons (Fsp3) is 0.273. The number of aryl methyl sites for hydroxylation is 1. The Morgan fingerprint density at radius 2 is 2.12 bits per heavy atom. The second kappa shape index (κ2) is 5.14. The molecule has 2 rings (SSSR count). The lowest BCUT2D eigenvalue weighted by Gasteiger charge is -2.13. The topological polar surface area (TPSA) is 56.7 Å². The molecular weight excluding hydrogens is 220 g/mol. The Kier molecular flexibility index (Phi) is 3.58. The van der Waals surface area contributed by atoms with E-state index in [-0.39, 0.29) is 5.25 Å². The van der Waals surface area contributed by atoms with Crippen LogP contribution in [0.15, 0.2) is 42.1 Å². The number of nitrogens with zero attached hydrogens (tertiary/aromatic N) is 3. The average Bonchev–Trinajstić information content (AvgIpc) is 2.73. The number of hydrogen-bond acceptors (Lipinski definition) is 4. The molecule has 4 nitrogen and oxygen atoms in total. The number of rotatable bonds is 4. The van der Waals surface area contributed by atoms with Crippen LogP contribution in [0.2, 0.25) is 0 Å². The van der Waals surface area contributed by atoms with Crippen LogP contribution < -0.4 is 5.73 Å². The summed E-state index contributed by atoms with van der Waals surface area (Å²) in [6.45, 7) is 0.585. The minimum absolute atomic E-state index is 0.226. The maximum absolute atomic E-state index is 5.79. The zero-order valence-electron chi connectivity index (χ0n) is 9.08. The first-order valence-electron chi connectivity index (χ1n) is 5.05. The maximum atomic E-state index is 5.79. The molecule has 0 bridgehead atoms. The molecule has 2 N–H and O–H groups in total. The van der Waals surface area contributed by atoms with E-state index in [9.17, 15) is 0 Å². The Balaban J connectivity index is 2.16. The summed E-state index contributed by atoms with van der Waals surface area (Å²) >= 11 is 1.67. The van der Waals surface area contributed by atoms with Crippen molar-refractivity contribution in [2.75, 3.05) is 6.54 Å². The van der Waals surface area contributed by atoms with Crippen LogP contribution in [-0.2, 0) is 7.05 Å². The van der Waals surface area contributed by atoms with Gasteiger partial charge in [-0.15, -0.1) is 0 Å². The van der Waals surface area contributed by atoms with E-state index in [0.717, 1.165) is 5.16 Å². The zero-order valence-corrected chi connectivity index (χ0v) is 9.89. The third-order valence-corrected chi connectivity index (χ3v) is 3.67. The standard InChI is InChI=1S/C11H14N4S/c1-15-7-6-14-11(15)16-10(8-12)9-2-4-13-5-3-9/h2-7,10H,8,12H2,1H3. The van der Waals surface area contributed by atoms with Crippen molar-refractivity contribution in [3.05, 3.63) is 42.5 Å². The van der Waals surface area contributed by atoms with Crippen molar-refractivity contribution in [3.63, 3.8) is 0 Å². The molecule has 5 heteroatoms. The highest BCUT2D eigenvalue weighted by molar-refractivity contribution is 7.99. The Hall–Kier alpha value is -1.33. The fourth-order valence-corrected chi connectivity index (χ4v) is 2.42. The van der Waals surface area contributed by atoms with E-state index in [4.69, 9.17) is 5.73 Å². The summed E-state index contributed by atoms with van der Waals surface area (Å²) in [5.74, 6) is 0. The van der Waals surface area contributed by atoms with E-state index in [0.29, 0.717) is 6.54 Å². The highest BCUT2D eigenvalue weighted by atomic mass is 32.2. The summed E-state index contributed by atoms with van der Waals surface area (Å²) in [5.41, 5.74) is 6.98. The molecule has 1 atom stereocenters. The summed E-state index contributed by atoms with van der Waals surface area (Å²) in [6.07, 6.45) is 7.30. The quantitative estimate of drug-likeness (QED) is 0.816.